The summed E-state index contributed by atoms with van der Waals surface area (Å²) in [5.74, 6) is 0.147. The Morgan fingerprint density at radius 1 is 1.18 bits per heavy atom. The fraction of sp³-hybridized carbons (Fsp3) is 0.407. The van der Waals surface area contributed by atoms with Crippen LogP contribution in [0.25, 0.3) is 10.9 Å². The molecule has 2 N–H and O–H groups in total. The molecule has 3 aromatic heterocycles. The molecule has 4 heterocycles. The Morgan fingerprint density at radius 2 is 2.00 bits per heavy atom. The van der Waals surface area contributed by atoms with Gasteiger partial charge in [0.05, 0.1) is 11.1 Å². The third kappa shape index (κ3) is 6.35. The van der Waals surface area contributed by atoms with E-state index in [9.17, 15) is 13.2 Å². The first-order valence-electron chi connectivity index (χ1n) is 12.8. The van der Waals surface area contributed by atoms with Gasteiger partial charge >= 0.3 is 6.18 Å². The van der Waals surface area contributed by atoms with Crippen molar-refractivity contribution in [3.05, 3.63) is 76.0 Å². The number of benzene rings is 1. The van der Waals surface area contributed by atoms with E-state index in [1.807, 2.05) is 18.2 Å². The van der Waals surface area contributed by atoms with E-state index in [1.54, 1.807) is 0 Å². The van der Waals surface area contributed by atoms with Crippen molar-refractivity contribution >= 4 is 39.9 Å². The molecule has 0 fully saturated rings. The number of anilines is 1. The van der Waals surface area contributed by atoms with Gasteiger partial charge in [0.25, 0.3) is 0 Å². The number of fused-ring (bicyclic) bond motifs is 3. The molecule has 0 bridgehead atoms. The lowest BCUT2D eigenvalue weighted by molar-refractivity contribution is -0.702. The predicted octanol–water partition coefficient (Wildman–Crippen LogP) is 5.25. The van der Waals surface area contributed by atoms with Crippen LogP contribution >= 0.6 is 23.2 Å². The van der Waals surface area contributed by atoms with Gasteiger partial charge in [0.15, 0.2) is 5.69 Å². The summed E-state index contributed by atoms with van der Waals surface area (Å²) in [5.41, 5.74) is 2.38. The zero-order chi connectivity index (χ0) is 27.7. The molecule has 1 unspecified atom stereocenters. The minimum absolute atomic E-state index is 0.0420. The summed E-state index contributed by atoms with van der Waals surface area (Å²) in [4.78, 5) is 11.8. The summed E-state index contributed by atoms with van der Waals surface area (Å²) >= 11 is 12.0. The van der Waals surface area contributed by atoms with E-state index < -0.39 is 16.9 Å². The largest absolute Gasteiger partial charge is 0.434 e. The number of nitrogens with zero attached hydrogens (tertiary/aromatic N) is 5. The van der Waals surface area contributed by atoms with Crippen molar-refractivity contribution in [3.63, 3.8) is 0 Å². The average molecular weight is 581 g/mol. The number of H-pyrrole nitrogens is 1. The third-order valence-electron chi connectivity index (χ3n) is 7.08. The maximum absolute atomic E-state index is 13.2. The normalized spacial score (nSPS) is 16.3. The molecule has 1 aliphatic rings. The van der Waals surface area contributed by atoms with Crippen molar-refractivity contribution in [2.45, 2.75) is 31.7 Å². The van der Waals surface area contributed by atoms with Crippen LogP contribution in [0.15, 0.2) is 49.1 Å². The number of aromatic amines is 1. The van der Waals surface area contributed by atoms with Crippen molar-refractivity contribution in [3.8, 4) is 0 Å². The highest BCUT2D eigenvalue weighted by atomic mass is 35.5. The Kier molecular flexibility index (Phi) is 8.09. The zero-order valence-electron chi connectivity index (χ0n) is 21.8. The molecule has 1 aromatic carbocycles. The molecule has 5 rings (SSSR count). The number of rotatable bonds is 9. The number of nitrogens with one attached hydrogen (secondary N) is 2. The molecule has 7 nitrogen and oxygen atoms in total. The molecule has 39 heavy (non-hydrogen) atoms. The topological polar surface area (TPSA) is 56.0 Å². The van der Waals surface area contributed by atoms with Gasteiger partial charge in [-0.05, 0) is 56.4 Å². The van der Waals surface area contributed by atoms with Gasteiger partial charge in [0.2, 0.25) is 6.33 Å². The Balaban J connectivity index is 1.36. The molecular formula is C27H31Cl2F3N7+. The fourth-order valence-electron chi connectivity index (χ4n) is 5.12. The lowest BCUT2D eigenvalue weighted by Crippen LogP contribution is -2.46. The van der Waals surface area contributed by atoms with Crippen LogP contribution in [0.2, 0.25) is 10.0 Å². The minimum Gasteiger partial charge on any atom is -0.369 e. The standard InChI is InChI=1S/C27H31Cl2F3N7/c1-36(2)11-12-37-13-14-38(17-37)16-23-25-19(20-15-18(28)3-5-22(20)34-25)7-9-39(23)10-8-33-24-6-4-21(29)26(35-24)27(30,31)32/h3-6,13-15,17,23,34H,7-12,16H2,1-2H3,(H,33,35)/q+1. The molecule has 0 saturated heterocycles. The SMILES string of the molecule is CN(C)CCn1cc[n+](CC2c3[nH]c4ccc(Cl)cc4c3CCN2CCNc2ccc(Cl)c(C(F)(F)F)n2)c1. The van der Waals surface area contributed by atoms with Crippen molar-refractivity contribution < 1.29 is 17.7 Å². The summed E-state index contributed by atoms with van der Waals surface area (Å²) in [6, 6.07) is 8.64. The second-order valence-electron chi connectivity index (χ2n) is 10.1. The van der Waals surface area contributed by atoms with Gasteiger partial charge in [0.1, 0.15) is 31.3 Å². The number of hydrogen-bond acceptors (Lipinski definition) is 4. The van der Waals surface area contributed by atoms with Gasteiger partial charge in [-0.15, -0.1) is 0 Å². The van der Waals surface area contributed by atoms with Crippen LogP contribution in [0, 0.1) is 0 Å². The molecule has 0 saturated carbocycles. The predicted molar refractivity (Wildman–Crippen MR) is 147 cm³/mol. The number of alkyl halides is 3. The second-order valence-corrected chi connectivity index (χ2v) is 11.0. The second kappa shape index (κ2) is 11.4. The van der Waals surface area contributed by atoms with Crippen LogP contribution in [0.3, 0.4) is 0 Å². The number of halogens is 5. The summed E-state index contributed by atoms with van der Waals surface area (Å²) in [6.45, 7) is 4.41. The molecular weight excluding hydrogens is 550 g/mol. The van der Waals surface area contributed by atoms with E-state index in [2.05, 4.69) is 67.0 Å². The van der Waals surface area contributed by atoms with E-state index in [1.165, 1.54) is 17.7 Å². The maximum atomic E-state index is 13.2. The first-order chi connectivity index (χ1) is 18.6. The summed E-state index contributed by atoms with van der Waals surface area (Å²) in [7, 11) is 4.11. The molecule has 0 aliphatic carbocycles. The van der Waals surface area contributed by atoms with Gasteiger partial charge in [-0.3, -0.25) is 4.90 Å². The molecule has 0 amide bonds. The van der Waals surface area contributed by atoms with Gasteiger partial charge in [-0.2, -0.15) is 13.2 Å². The van der Waals surface area contributed by atoms with Crippen LogP contribution in [0.1, 0.15) is 23.0 Å². The highest BCUT2D eigenvalue weighted by Crippen LogP contribution is 2.36. The lowest BCUT2D eigenvalue weighted by atomic mass is 9.97. The third-order valence-corrected chi connectivity index (χ3v) is 7.62. The van der Waals surface area contributed by atoms with Crippen LogP contribution in [0.5, 0.6) is 0 Å². The van der Waals surface area contributed by atoms with E-state index in [0.29, 0.717) is 18.1 Å². The highest BCUT2D eigenvalue weighted by molar-refractivity contribution is 6.31. The van der Waals surface area contributed by atoms with Crippen LogP contribution in [-0.4, -0.2) is 64.6 Å². The number of hydrogen-bond donors (Lipinski definition) is 2. The number of likely N-dealkylation sites (N-methyl/N-ethyl adjacent to an activating group) is 1. The quantitative estimate of drug-likeness (QED) is 0.265. The molecule has 208 valence electrons. The van der Waals surface area contributed by atoms with Gasteiger partial charge in [-0.25, -0.2) is 14.1 Å². The van der Waals surface area contributed by atoms with Crippen molar-refractivity contribution in [1.82, 2.24) is 24.3 Å². The molecule has 0 spiro atoms. The molecule has 4 aromatic rings. The van der Waals surface area contributed by atoms with Crippen molar-refractivity contribution in [1.29, 1.82) is 0 Å². The number of imidazole rings is 1. The summed E-state index contributed by atoms with van der Waals surface area (Å²) in [6.07, 6.45) is 2.51. The molecule has 1 aliphatic heterocycles. The molecule has 12 heteroatoms. The van der Waals surface area contributed by atoms with Gasteiger partial charge in [-0.1, -0.05) is 23.2 Å². The smallest absolute Gasteiger partial charge is 0.369 e. The van der Waals surface area contributed by atoms with Crippen molar-refractivity contribution in [2.24, 2.45) is 0 Å². The first-order valence-corrected chi connectivity index (χ1v) is 13.6. The van der Waals surface area contributed by atoms with E-state index in [4.69, 9.17) is 23.2 Å². The average Bonchev–Trinajstić information content (AvgIpc) is 3.48. The molecule has 1 atom stereocenters. The van der Waals surface area contributed by atoms with Gasteiger partial charge < -0.3 is 15.2 Å². The zero-order valence-corrected chi connectivity index (χ0v) is 23.3. The summed E-state index contributed by atoms with van der Waals surface area (Å²) in [5, 5.41) is 4.48. The fourth-order valence-corrected chi connectivity index (χ4v) is 5.51. The van der Waals surface area contributed by atoms with Crippen LogP contribution in [0.4, 0.5) is 19.0 Å². The Labute approximate surface area is 235 Å². The highest BCUT2D eigenvalue weighted by Gasteiger charge is 2.36. The minimum atomic E-state index is -4.61. The van der Waals surface area contributed by atoms with Crippen LogP contribution < -0.4 is 9.88 Å². The lowest BCUT2D eigenvalue weighted by Gasteiger charge is -2.35. The maximum Gasteiger partial charge on any atom is 0.434 e. The Bertz CT molecular complexity index is 1450. The Morgan fingerprint density at radius 3 is 2.77 bits per heavy atom. The van der Waals surface area contributed by atoms with Crippen LogP contribution in [-0.2, 0) is 25.7 Å². The summed E-state index contributed by atoms with van der Waals surface area (Å²) < 4.78 is 44.1. The number of pyridine rings is 1. The number of aromatic nitrogens is 4. The molecule has 0 radical (unpaired) electrons. The van der Waals surface area contributed by atoms with Gasteiger partial charge in [0, 0.05) is 47.8 Å². The Hall–Kier alpha value is -2.79. The first kappa shape index (κ1) is 27.8. The van der Waals surface area contributed by atoms with Crippen molar-refractivity contribution in [2.75, 3.05) is 45.6 Å². The van der Waals surface area contributed by atoms with E-state index in [-0.39, 0.29) is 11.9 Å². The van der Waals surface area contributed by atoms with E-state index in [0.717, 1.165) is 49.2 Å². The monoisotopic (exact) mass is 580 g/mol. The van der Waals surface area contributed by atoms with E-state index >= 15 is 0 Å².